The number of anilines is 1. The quantitative estimate of drug-likeness (QED) is 0.559. The van der Waals surface area contributed by atoms with Crippen LogP contribution in [0, 0.1) is 0 Å². The fourth-order valence-corrected chi connectivity index (χ4v) is 2.71. The lowest BCUT2D eigenvalue weighted by molar-refractivity contribution is -0.123. The first kappa shape index (κ1) is 20.8. The Hall–Kier alpha value is -3.94. The monoisotopic (exact) mass is 406 g/mol. The number of nitrogens with one attached hydrogen (secondary N) is 2. The molecule has 0 unspecified atom stereocenters. The third kappa shape index (κ3) is 5.78. The fraction of sp³-hybridized carbons (Fsp3) is 0.182. The first-order valence-electron chi connectivity index (χ1n) is 9.49. The minimum Gasteiger partial charge on any atom is -0.461 e. The molecule has 3 aromatic rings. The van der Waals surface area contributed by atoms with Crippen LogP contribution in [0.1, 0.15) is 23.0 Å². The first-order valence-corrected chi connectivity index (χ1v) is 9.49. The molecule has 2 N–H and O–H groups in total. The van der Waals surface area contributed by atoms with E-state index in [1.165, 1.54) is 0 Å². The number of amides is 2. The van der Waals surface area contributed by atoms with E-state index in [4.69, 9.17) is 4.74 Å². The Morgan fingerprint density at radius 1 is 0.967 bits per heavy atom. The summed E-state index contributed by atoms with van der Waals surface area (Å²) in [6, 6.07) is 17.8. The molecular weight excluding hydrogens is 384 g/mol. The molecule has 1 heterocycles. The molecule has 0 aliphatic carbocycles. The summed E-state index contributed by atoms with van der Waals surface area (Å²) in [4.78, 5) is 35.7. The Bertz CT molecular complexity index is 1010. The highest BCUT2D eigenvalue weighted by Gasteiger charge is 2.11. The lowest BCUT2D eigenvalue weighted by Gasteiger charge is -2.08. The Kier molecular flexibility index (Phi) is 6.94. The number of nitrogens with zero attached hydrogens (tertiary/aromatic N) is 2. The van der Waals surface area contributed by atoms with Crippen molar-refractivity contribution in [2.75, 3.05) is 18.5 Å². The first-order chi connectivity index (χ1) is 14.5. The van der Waals surface area contributed by atoms with Crippen molar-refractivity contribution in [3.63, 3.8) is 0 Å². The van der Waals surface area contributed by atoms with Gasteiger partial charge < -0.3 is 15.4 Å². The molecule has 8 nitrogen and oxygen atoms in total. The minimum atomic E-state index is -0.477. The Morgan fingerprint density at radius 3 is 2.40 bits per heavy atom. The van der Waals surface area contributed by atoms with Crippen molar-refractivity contribution in [2.24, 2.45) is 0 Å². The van der Waals surface area contributed by atoms with E-state index in [2.05, 4.69) is 15.7 Å². The number of hydrogen-bond acceptors (Lipinski definition) is 5. The normalized spacial score (nSPS) is 10.3. The van der Waals surface area contributed by atoms with Crippen LogP contribution in [0.5, 0.6) is 0 Å². The maximum Gasteiger partial charge on any atom is 0.358 e. The number of benzene rings is 2. The van der Waals surface area contributed by atoms with Crippen LogP contribution in [0.2, 0.25) is 0 Å². The van der Waals surface area contributed by atoms with Crippen LogP contribution in [0.3, 0.4) is 0 Å². The molecule has 0 saturated carbocycles. The Balaban J connectivity index is 1.50. The molecule has 154 valence electrons. The molecule has 0 fully saturated rings. The summed E-state index contributed by atoms with van der Waals surface area (Å²) in [5.41, 5.74) is 2.41. The standard InChI is InChI=1S/C22H22N4O4/c1-2-30-22(29)19-12-13-26(25-19)18-10-8-17(9-11-18)24-21(28)15-23-20(27)14-16-6-4-3-5-7-16/h3-13H,2,14-15H2,1H3,(H,23,27)(H,24,28). The third-order valence-electron chi connectivity index (χ3n) is 4.14. The number of hydrogen-bond donors (Lipinski definition) is 2. The molecular formula is C22H22N4O4. The fourth-order valence-electron chi connectivity index (χ4n) is 2.71. The SMILES string of the molecule is CCOC(=O)c1ccn(-c2ccc(NC(=O)CNC(=O)Cc3ccccc3)cc2)n1. The topological polar surface area (TPSA) is 102 Å². The predicted octanol–water partition coefficient (Wildman–Crippen LogP) is 2.35. The van der Waals surface area contributed by atoms with Crippen LogP contribution in [-0.2, 0) is 20.7 Å². The van der Waals surface area contributed by atoms with E-state index in [-0.39, 0.29) is 37.1 Å². The number of carbonyl (C=O) groups excluding carboxylic acids is 3. The van der Waals surface area contributed by atoms with Crippen molar-refractivity contribution >= 4 is 23.5 Å². The second-order valence-electron chi connectivity index (χ2n) is 6.40. The van der Waals surface area contributed by atoms with Crippen molar-refractivity contribution in [3.05, 3.63) is 78.1 Å². The van der Waals surface area contributed by atoms with Crippen LogP contribution in [0.15, 0.2) is 66.9 Å². The second kappa shape index (κ2) is 10.0. The van der Waals surface area contributed by atoms with Crippen molar-refractivity contribution in [1.82, 2.24) is 15.1 Å². The summed E-state index contributed by atoms with van der Waals surface area (Å²) in [5.74, 6) is -1.02. The Morgan fingerprint density at radius 2 is 1.70 bits per heavy atom. The van der Waals surface area contributed by atoms with Crippen LogP contribution >= 0.6 is 0 Å². The molecule has 0 spiro atoms. The number of rotatable bonds is 8. The number of aromatic nitrogens is 2. The molecule has 0 saturated heterocycles. The molecule has 1 aromatic heterocycles. The van der Waals surface area contributed by atoms with Gasteiger partial charge in [-0.3, -0.25) is 9.59 Å². The molecule has 2 amide bonds. The number of carbonyl (C=O) groups is 3. The lowest BCUT2D eigenvalue weighted by Crippen LogP contribution is -2.33. The van der Waals surface area contributed by atoms with Gasteiger partial charge in [-0.05, 0) is 42.8 Å². The summed E-state index contributed by atoms with van der Waals surface area (Å²) in [5, 5.41) is 9.51. The van der Waals surface area contributed by atoms with Gasteiger partial charge in [-0.25, -0.2) is 9.48 Å². The summed E-state index contributed by atoms with van der Waals surface area (Å²) in [7, 11) is 0. The molecule has 0 radical (unpaired) electrons. The maximum absolute atomic E-state index is 12.1. The molecule has 0 bridgehead atoms. The van der Waals surface area contributed by atoms with Crippen molar-refractivity contribution in [1.29, 1.82) is 0 Å². The second-order valence-corrected chi connectivity index (χ2v) is 6.40. The van der Waals surface area contributed by atoms with Crippen LogP contribution in [0.25, 0.3) is 5.69 Å². The summed E-state index contributed by atoms with van der Waals surface area (Å²) >= 11 is 0. The van der Waals surface area contributed by atoms with Gasteiger partial charge in [0.2, 0.25) is 11.8 Å². The third-order valence-corrected chi connectivity index (χ3v) is 4.14. The Labute approximate surface area is 173 Å². The van der Waals surface area contributed by atoms with E-state index >= 15 is 0 Å². The average molecular weight is 406 g/mol. The smallest absolute Gasteiger partial charge is 0.358 e. The van der Waals surface area contributed by atoms with Crippen molar-refractivity contribution < 1.29 is 19.1 Å². The van der Waals surface area contributed by atoms with Gasteiger partial charge in [-0.1, -0.05) is 30.3 Å². The van der Waals surface area contributed by atoms with Gasteiger partial charge in [0.05, 0.1) is 25.3 Å². The number of esters is 1. The average Bonchev–Trinajstić information content (AvgIpc) is 3.24. The highest BCUT2D eigenvalue weighted by molar-refractivity contribution is 5.94. The van der Waals surface area contributed by atoms with Gasteiger partial charge >= 0.3 is 5.97 Å². The molecule has 0 aliphatic rings. The van der Waals surface area contributed by atoms with Gasteiger partial charge in [0, 0.05) is 11.9 Å². The van der Waals surface area contributed by atoms with E-state index in [0.29, 0.717) is 5.69 Å². The van der Waals surface area contributed by atoms with Crippen LogP contribution in [0.4, 0.5) is 5.69 Å². The van der Waals surface area contributed by atoms with Gasteiger partial charge in [0.15, 0.2) is 5.69 Å². The molecule has 0 aliphatic heterocycles. The van der Waals surface area contributed by atoms with Gasteiger partial charge in [0.1, 0.15) is 0 Å². The zero-order chi connectivity index (χ0) is 21.3. The minimum absolute atomic E-state index is 0.116. The molecule has 2 aromatic carbocycles. The molecule has 8 heteroatoms. The van der Waals surface area contributed by atoms with Crippen molar-refractivity contribution in [3.8, 4) is 5.69 Å². The molecule has 30 heavy (non-hydrogen) atoms. The largest absolute Gasteiger partial charge is 0.461 e. The van der Waals surface area contributed by atoms with Gasteiger partial charge in [-0.15, -0.1) is 0 Å². The zero-order valence-corrected chi connectivity index (χ0v) is 16.5. The summed E-state index contributed by atoms with van der Waals surface area (Å²) in [6.07, 6.45) is 1.88. The lowest BCUT2D eigenvalue weighted by atomic mass is 10.1. The van der Waals surface area contributed by atoms with Gasteiger partial charge in [0.25, 0.3) is 0 Å². The maximum atomic E-state index is 12.1. The van der Waals surface area contributed by atoms with E-state index in [9.17, 15) is 14.4 Å². The highest BCUT2D eigenvalue weighted by Crippen LogP contribution is 2.13. The number of ether oxygens (including phenoxy) is 1. The van der Waals surface area contributed by atoms with E-state index in [0.717, 1.165) is 11.3 Å². The highest BCUT2D eigenvalue weighted by atomic mass is 16.5. The van der Waals surface area contributed by atoms with Crippen LogP contribution in [-0.4, -0.2) is 40.7 Å². The molecule has 0 atom stereocenters. The van der Waals surface area contributed by atoms with Crippen molar-refractivity contribution in [2.45, 2.75) is 13.3 Å². The van der Waals surface area contributed by atoms with Gasteiger partial charge in [-0.2, -0.15) is 5.10 Å². The molecule has 3 rings (SSSR count). The summed E-state index contributed by atoms with van der Waals surface area (Å²) in [6.45, 7) is 1.90. The van der Waals surface area contributed by atoms with Crippen LogP contribution < -0.4 is 10.6 Å². The van der Waals surface area contributed by atoms with E-state index in [1.807, 2.05) is 30.3 Å². The van der Waals surface area contributed by atoms with E-state index < -0.39 is 5.97 Å². The summed E-state index contributed by atoms with van der Waals surface area (Å²) < 4.78 is 6.46. The predicted molar refractivity (Wildman–Crippen MR) is 111 cm³/mol. The van der Waals surface area contributed by atoms with E-state index in [1.54, 1.807) is 48.1 Å². The zero-order valence-electron chi connectivity index (χ0n) is 16.5.